The fraction of sp³-hybridized carbons (Fsp3) is 0.625. The van der Waals surface area contributed by atoms with Crippen molar-refractivity contribution in [1.82, 2.24) is 15.0 Å². The fourth-order valence-corrected chi connectivity index (χ4v) is 3.51. The largest absolute Gasteiger partial charge is 0.273 e. The van der Waals surface area contributed by atoms with Crippen LogP contribution in [-0.4, -0.2) is 20.9 Å². The molecule has 2 aromatic rings. The topological polar surface area (TPSA) is 47.8 Å². The second-order valence-corrected chi connectivity index (χ2v) is 7.72. The standard InChI is InChI=1S/C24H37N3O/c1-2-3-4-5-6-7-8-9-10-11-12-13-14-15-16-21-24(28)27-23-20-18-17-19-22(23)25-26-27/h12-13,17-20H,2-11,14-16,21H2,1H3/b13-12+. The van der Waals surface area contributed by atoms with Gasteiger partial charge in [0.25, 0.3) is 0 Å². The summed E-state index contributed by atoms with van der Waals surface area (Å²) in [7, 11) is 0. The number of hydrogen-bond acceptors (Lipinski definition) is 3. The number of benzene rings is 1. The summed E-state index contributed by atoms with van der Waals surface area (Å²) in [6, 6.07) is 7.59. The van der Waals surface area contributed by atoms with Crippen LogP contribution in [0.5, 0.6) is 0 Å². The lowest BCUT2D eigenvalue weighted by Crippen LogP contribution is -2.11. The number of aromatic nitrogens is 3. The highest BCUT2D eigenvalue weighted by molar-refractivity contribution is 5.88. The molecule has 0 aliphatic heterocycles. The Kier molecular flexibility index (Phi) is 11.2. The van der Waals surface area contributed by atoms with Crippen LogP contribution in [0, 0.1) is 0 Å². The Bertz CT molecular complexity index is 705. The second-order valence-electron chi connectivity index (χ2n) is 7.72. The molecular weight excluding hydrogens is 346 g/mol. The van der Waals surface area contributed by atoms with Crippen molar-refractivity contribution in [2.45, 2.75) is 96.8 Å². The molecule has 0 spiro atoms. The molecule has 2 rings (SSSR count). The number of para-hydroxylation sites is 1. The van der Waals surface area contributed by atoms with E-state index in [1.807, 2.05) is 24.3 Å². The number of allylic oxidation sites excluding steroid dienone is 2. The summed E-state index contributed by atoms with van der Waals surface area (Å²) in [5, 5.41) is 8.03. The zero-order valence-electron chi connectivity index (χ0n) is 17.6. The number of fused-ring (bicyclic) bond motifs is 1. The smallest absolute Gasteiger partial charge is 0.248 e. The summed E-state index contributed by atoms with van der Waals surface area (Å²) in [5.74, 6) is 0.0346. The highest BCUT2D eigenvalue weighted by Crippen LogP contribution is 2.13. The highest BCUT2D eigenvalue weighted by atomic mass is 16.2. The van der Waals surface area contributed by atoms with Crippen LogP contribution in [0.15, 0.2) is 36.4 Å². The normalized spacial score (nSPS) is 11.6. The first-order valence-electron chi connectivity index (χ1n) is 11.3. The summed E-state index contributed by atoms with van der Waals surface area (Å²) in [5.41, 5.74) is 1.57. The van der Waals surface area contributed by atoms with Gasteiger partial charge in [0.2, 0.25) is 5.91 Å². The van der Waals surface area contributed by atoms with Crippen molar-refractivity contribution < 1.29 is 4.79 Å². The average Bonchev–Trinajstić information content (AvgIpc) is 3.15. The van der Waals surface area contributed by atoms with Gasteiger partial charge in [-0.2, -0.15) is 4.68 Å². The van der Waals surface area contributed by atoms with Gasteiger partial charge in [0.15, 0.2) is 0 Å². The molecule has 0 radical (unpaired) electrons. The van der Waals surface area contributed by atoms with E-state index in [-0.39, 0.29) is 5.91 Å². The summed E-state index contributed by atoms with van der Waals surface area (Å²) in [6.45, 7) is 2.27. The van der Waals surface area contributed by atoms with Crippen molar-refractivity contribution in [2.75, 3.05) is 0 Å². The molecule has 0 atom stereocenters. The molecule has 154 valence electrons. The second kappa shape index (κ2) is 14.1. The van der Waals surface area contributed by atoms with E-state index >= 15 is 0 Å². The monoisotopic (exact) mass is 383 g/mol. The minimum absolute atomic E-state index is 0.0346. The lowest BCUT2D eigenvalue weighted by atomic mass is 10.1. The highest BCUT2D eigenvalue weighted by Gasteiger charge is 2.10. The molecule has 0 amide bonds. The van der Waals surface area contributed by atoms with E-state index in [2.05, 4.69) is 29.4 Å². The minimum Gasteiger partial charge on any atom is -0.273 e. The Morgan fingerprint density at radius 3 is 2.18 bits per heavy atom. The molecule has 1 aromatic heterocycles. The third-order valence-electron chi connectivity index (χ3n) is 5.24. The number of carbonyl (C=O) groups is 1. The fourth-order valence-electron chi connectivity index (χ4n) is 3.51. The molecule has 1 heterocycles. The molecule has 1 aromatic carbocycles. The Balaban J connectivity index is 1.44. The predicted molar refractivity (Wildman–Crippen MR) is 118 cm³/mol. The molecule has 0 fully saturated rings. The van der Waals surface area contributed by atoms with Crippen molar-refractivity contribution >= 4 is 16.9 Å². The zero-order chi connectivity index (χ0) is 19.9. The summed E-state index contributed by atoms with van der Waals surface area (Å²) >= 11 is 0. The number of nitrogens with zero attached hydrogens (tertiary/aromatic N) is 3. The Morgan fingerprint density at radius 2 is 1.46 bits per heavy atom. The zero-order valence-corrected chi connectivity index (χ0v) is 17.6. The van der Waals surface area contributed by atoms with Crippen molar-refractivity contribution in [3.05, 3.63) is 36.4 Å². The van der Waals surface area contributed by atoms with Gasteiger partial charge < -0.3 is 0 Å². The SMILES string of the molecule is CCCCCCCCCCC/C=C/CCCCC(=O)n1nnc2ccccc21. The van der Waals surface area contributed by atoms with Gasteiger partial charge in [-0.1, -0.05) is 87.8 Å². The Labute approximate surface area is 170 Å². The van der Waals surface area contributed by atoms with Gasteiger partial charge in [0, 0.05) is 6.42 Å². The van der Waals surface area contributed by atoms with E-state index in [1.54, 1.807) is 0 Å². The molecule has 0 N–H and O–H groups in total. The van der Waals surface area contributed by atoms with Crippen LogP contribution in [0.1, 0.15) is 102 Å². The molecule has 0 aliphatic carbocycles. The maximum atomic E-state index is 12.3. The molecule has 0 saturated carbocycles. The predicted octanol–water partition coefficient (Wildman–Crippen LogP) is 7.11. The number of hydrogen-bond donors (Lipinski definition) is 0. The van der Waals surface area contributed by atoms with E-state index < -0.39 is 0 Å². The van der Waals surface area contributed by atoms with Crippen LogP contribution in [0.4, 0.5) is 0 Å². The maximum Gasteiger partial charge on any atom is 0.248 e. The van der Waals surface area contributed by atoms with Gasteiger partial charge in [0.05, 0.1) is 5.52 Å². The number of rotatable bonds is 15. The quantitative estimate of drug-likeness (QED) is 0.243. The maximum absolute atomic E-state index is 12.3. The van der Waals surface area contributed by atoms with Crippen LogP contribution in [0.2, 0.25) is 0 Å². The molecule has 28 heavy (non-hydrogen) atoms. The molecule has 0 aliphatic rings. The summed E-state index contributed by atoms with van der Waals surface area (Å²) in [4.78, 5) is 12.3. The van der Waals surface area contributed by atoms with Gasteiger partial charge in [-0.05, 0) is 44.2 Å². The van der Waals surface area contributed by atoms with E-state index in [0.29, 0.717) is 6.42 Å². The third kappa shape index (κ3) is 8.37. The van der Waals surface area contributed by atoms with Gasteiger partial charge >= 0.3 is 0 Å². The van der Waals surface area contributed by atoms with Crippen LogP contribution in [0.3, 0.4) is 0 Å². The molecular formula is C24H37N3O. The summed E-state index contributed by atoms with van der Waals surface area (Å²) < 4.78 is 1.44. The molecule has 4 heteroatoms. The van der Waals surface area contributed by atoms with Crippen molar-refractivity contribution in [3.63, 3.8) is 0 Å². The first-order valence-corrected chi connectivity index (χ1v) is 11.3. The van der Waals surface area contributed by atoms with E-state index in [0.717, 1.165) is 30.3 Å². The first kappa shape index (κ1) is 22.3. The minimum atomic E-state index is 0.0346. The van der Waals surface area contributed by atoms with E-state index in [9.17, 15) is 4.79 Å². The van der Waals surface area contributed by atoms with Crippen LogP contribution in [-0.2, 0) is 0 Å². The lowest BCUT2D eigenvalue weighted by molar-refractivity contribution is 0.0886. The molecule has 0 bridgehead atoms. The third-order valence-corrected chi connectivity index (χ3v) is 5.24. The van der Waals surface area contributed by atoms with Crippen LogP contribution in [0.25, 0.3) is 11.0 Å². The van der Waals surface area contributed by atoms with Gasteiger partial charge in [0.1, 0.15) is 5.52 Å². The van der Waals surface area contributed by atoms with Crippen molar-refractivity contribution in [3.8, 4) is 0 Å². The Hall–Kier alpha value is -1.97. The van der Waals surface area contributed by atoms with Gasteiger partial charge in [-0.15, -0.1) is 5.10 Å². The van der Waals surface area contributed by atoms with Gasteiger partial charge in [-0.3, -0.25) is 4.79 Å². The van der Waals surface area contributed by atoms with Crippen molar-refractivity contribution in [1.29, 1.82) is 0 Å². The summed E-state index contributed by atoms with van der Waals surface area (Å²) in [6.07, 6.45) is 21.8. The number of carbonyl (C=O) groups excluding carboxylic acids is 1. The Morgan fingerprint density at radius 1 is 0.857 bits per heavy atom. The van der Waals surface area contributed by atoms with Crippen LogP contribution >= 0.6 is 0 Å². The number of unbranched alkanes of at least 4 members (excludes halogenated alkanes) is 11. The van der Waals surface area contributed by atoms with E-state index in [1.165, 1.54) is 68.9 Å². The molecule has 4 nitrogen and oxygen atoms in total. The lowest BCUT2D eigenvalue weighted by Gasteiger charge is -2.01. The van der Waals surface area contributed by atoms with Crippen LogP contribution < -0.4 is 0 Å². The van der Waals surface area contributed by atoms with E-state index in [4.69, 9.17) is 0 Å². The molecule has 0 unspecified atom stereocenters. The van der Waals surface area contributed by atoms with Gasteiger partial charge in [-0.25, -0.2) is 0 Å². The van der Waals surface area contributed by atoms with Crippen molar-refractivity contribution in [2.24, 2.45) is 0 Å². The average molecular weight is 384 g/mol. The first-order chi connectivity index (χ1) is 13.8. The molecule has 0 saturated heterocycles.